The summed E-state index contributed by atoms with van der Waals surface area (Å²) in [4.78, 5) is 2.46. The molecule has 1 fully saturated rings. The minimum atomic E-state index is 0.418. The maximum absolute atomic E-state index is 5.83. The van der Waals surface area contributed by atoms with Crippen LogP contribution in [0.5, 0.6) is 0 Å². The van der Waals surface area contributed by atoms with Crippen LogP contribution in [-0.4, -0.2) is 47.0 Å². The molecule has 1 saturated heterocycles. The first-order valence-corrected chi connectivity index (χ1v) is 6.91. The van der Waals surface area contributed by atoms with E-state index < -0.39 is 0 Å². The lowest BCUT2D eigenvalue weighted by molar-refractivity contribution is -0.000965. The summed E-state index contributed by atoms with van der Waals surface area (Å²) < 4.78 is 7.74. The van der Waals surface area contributed by atoms with Gasteiger partial charge in [0.2, 0.25) is 0 Å². The van der Waals surface area contributed by atoms with Crippen molar-refractivity contribution in [3.8, 4) is 0 Å². The molecular weight excluding hydrogens is 228 g/mol. The fourth-order valence-corrected chi connectivity index (χ4v) is 2.38. The van der Waals surface area contributed by atoms with Gasteiger partial charge in [-0.25, -0.2) is 0 Å². The van der Waals surface area contributed by atoms with Gasteiger partial charge >= 0.3 is 0 Å². The fourth-order valence-electron chi connectivity index (χ4n) is 2.38. The van der Waals surface area contributed by atoms with Crippen molar-refractivity contribution >= 4 is 5.82 Å². The summed E-state index contributed by atoms with van der Waals surface area (Å²) in [6.07, 6.45) is 5.88. The predicted molar refractivity (Wildman–Crippen MR) is 72.3 cm³/mol. The lowest BCUT2D eigenvalue weighted by atomic mass is 10.1. The van der Waals surface area contributed by atoms with E-state index in [9.17, 15) is 0 Å². The Balaban J connectivity index is 1.72. The minimum absolute atomic E-state index is 0.418. The summed E-state index contributed by atoms with van der Waals surface area (Å²) in [5, 5.41) is 4.20. The second kappa shape index (κ2) is 6.75. The molecule has 1 atom stereocenters. The molecule has 0 aliphatic carbocycles. The highest BCUT2D eigenvalue weighted by atomic mass is 16.5. The maximum Gasteiger partial charge on any atom is 0.145 e. The first kappa shape index (κ1) is 13.4. The van der Waals surface area contributed by atoms with Gasteiger partial charge in [0.05, 0.1) is 12.6 Å². The molecule has 0 aromatic carbocycles. The third kappa shape index (κ3) is 3.99. The first-order chi connectivity index (χ1) is 8.78. The van der Waals surface area contributed by atoms with Crippen molar-refractivity contribution in [3.63, 3.8) is 0 Å². The standard InChI is InChI=1S/C13H24N4O/c1-2-10-18-12-4-3-6-16(11-12)8-9-17-7-5-13(14)15-17/h5,7,12H,2-4,6,8-11H2,1H3,(H2,14,15). The molecule has 1 aromatic rings. The normalized spacial score (nSPS) is 21.3. The van der Waals surface area contributed by atoms with Crippen molar-refractivity contribution in [2.24, 2.45) is 0 Å². The van der Waals surface area contributed by atoms with Gasteiger partial charge in [0.25, 0.3) is 0 Å². The summed E-state index contributed by atoms with van der Waals surface area (Å²) in [6.45, 7) is 7.18. The smallest absolute Gasteiger partial charge is 0.145 e. The number of nitrogens with two attached hydrogens (primary N) is 1. The van der Waals surface area contributed by atoms with E-state index in [0.717, 1.165) is 32.7 Å². The van der Waals surface area contributed by atoms with E-state index >= 15 is 0 Å². The highest BCUT2D eigenvalue weighted by Gasteiger charge is 2.19. The topological polar surface area (TPSA) is 56.3 Å². The Morgan fingerprint density at radius 2 is 2.39 bits per heavy atom. The van der Waals surface area contributed by atoms with Gasteiger partial charge in [0, 0.05) is 25.9 Å². The molecule has 1 aliphatic rings. The van der Waals surface area contributed by atoms with Gasteiger partial charge in [0.1, 0.15) is 5.82 Å². The maximum atomic E-state index is 5.83. The molecule has 102 valence electrons. The van der Waals surface area contributed by atoms with Gasteiger partial charge in [-0.05, 0) is 31.9 Å². The number of anilines is 1. The summed E-state index contributed by atoms with van der Waals surface area (Å²) in [5.41, 5.74) is 5.60. The number of aromatic nitrogens is 2. The van der Waals surface area contributed by atoms with E-state index in [1.807, 2.05) is 16.9 Å². The van der Waals surface area contributed by atoms with Crippen molar-refractivity contribution in [2.45, 2.75) is 38.8 Å². The van der Waals surface area contributed by atoms with Crippen LogP contribution in [0.1, 0.15) is 26.2 Å². The van der Waals surface area contributed by atoms with Crippen LogP contribution in [0.3, 0.4) is 0 Å². The number of nitrogen functional groups attached to an aromatic ring is 1. The number of ether oxygens (including phenoxy) is 1. The first-order valence-electron chi connectivity index (χ1n) is 6.91. The zero-order chi connectivity index (χ0) is 12.8. The molecular formula is C13H24N4O. The van der Waals surface area contributed by atoms with Crippen LogP contribution in [0.15, 0.2) is 12.3 Å². The molecule has 18 heavy (non-hydrogen) atoms. The molecule has 2 heterocycles. The van der Waals surface area contributed by atoms with Crippen molar-refractivity contribution in [2.75, 3.05) is 32.0 Å². The number of piperidine rings is 1. The van der Waals surface area contributed by atoms with Gasteiger partial charge in [-0.1, -0.05) is 6.92 Å². The van der Waals surface area contributed by atoms with Gasteiger partial charge in [-0.2, -0.15) is 5.10 Å². The molecule has 1 unspecified atom stereocenters. The summed E-state index contributed by atoms with van der Waals surface area (Å²) in [6, 6.07) is 1.84. The van der Waals surface area contributed by atoms with Crippen LogP contribution in [0.25, 0.3) is 0 Å². The summed E-state index contributed by atoms with van der Waals surface area (Å²) >= 11 is 0. The number of hydrogen-bond donors (Lipinski definition) is 1. The zero-order valence-electron chi connectivity index (χ0n) is 11.2. The van der Waals surface area contributed by atoms with E-state index in [0.29, 0.717) is 11.9 Å². The van der Waals surface area contributed by atoms with Gasteiger partial charge in [-0.3, -0.25) is 9.58 Å². The Kier molecular flexibility index (Phi) is 5.01. The largest absolute Gasteiger partial charge is 0.382 e. The molecule has 0 bridgehead atoms. The quantitative estimate of drug-likeness (QED) is 0.830. The van der Waals surface area contributed by atoms with Crippen LogP contribution >= 0.6 is 0 Å². The molecule has 5 heteroatoms. The fraction of sp³-hybridized carbons (Fsp3) is 0.769. The van der Waals surface area contributed by atoms with Crippen LogP contribution < -0.4 is 5.73 Å². The monoisotopic (exact) mass is 252 g/mol. The highest BCUT2D eigenvalue weighted by molar-refractivity contribution is 5.23. The predicted octanol–water partition coefficient (Wildman–Crippen LogP) is 1.36. The van der Waals surface area contributed by atoms with E-state index in [1.54, 1.807) is 0 Å². The lowest BCUT2D eigenvalue weighted by Gasteiger charge is -2.32. The molecule has 0 amide bonds. The van der Waals surface area contributed by atoms with E-state index in [4.69, 9.17) is 10.5 Å². The average Bonchev–Trinajstić information content (AvgIpc) is 2.80. The third-order valence-corrected chi connectivity index (χ3v) is 3.33. The molecule has 2 N–H and O–H groups in total. The number of hydrogen-bond acceptors (Lipinski definition) is 4. The van der Waals surface area contributed by atoms with Crippen LogP contribution in [0.2, 0.25) is 0 Å². The van der Waals surface area contributed by atoms with Crippen LogP contribution in [0, 0.1) is 0 Å². The zero-order valence-corrected chi connectivity index (χ0v) is 11.2. The van der Waals surface area contributed by atoms with Crippen LogP contribution in [0.4, 0.5) is 5.82 Å². The average molecular weight is 252 g/mol. The van der Waals surface area contributed by atoms with Crippen LogP contribution in [-0.2, 0) is 11.3 Å². The van der Waals surface area contributed by atoms with Crippen molar-refractivity contribution in [3.05, 3.63) is 12.3 Å². The van der Waals surface area contributed by atoms with Crippen molar-refractivity contribution < 1.29 is 4.74 Å². The van der Waals surface area contributed by atoms with Gasteiger partial charge < -0.3 is 10.5 Å². The number of likely N-dealkylation sites (tertiary alicyclic amines) is 1. The van der Waals surface area contributed by atoms with E-state index in [1.165, 1.54) is 19.4 Å². The van der Waals surface area contributed by atoms with Crippen molar-refractivity contribution in [1.29, 1.82) is 0 Å². The Morgan fingerprint density at radius 1 is 1.50 bits per heavy atom. The van der Waals surface area contributed by atoms with Gasteiger partial charge in [-0.15, -0.1) is 0 Å². The third-order valence-electron chi connectivity index (χ3n) is 3.33. The number of rotatable bonds is 6. The Bertz CT molecular complexity index is 353. The Hall–Kier alpha value is -1.07. The van der Waals surface area contributed by atoms with E-state index in [2.05, 4.69) is 16.9 Å². The number of nitrogens with zero attached hydrogens (tertiary/aromatic N) is 3. The minimum Gasteiger partial charge on any atom is -0.382 e. The molecule has 2 rings (SSSR count). The second-order valence-corrected chi connectivity index (χ2v) is 4.94. The second-order valence-electron chi connectivity index (χ2n) is 4.94. The molecule has 0 radical (unpaired) electrons. The van der Waals surface area contributed by atoms with Gasteiger partial charge in [0.15, 0.2) is 0 Å². The Morgan fingerprint density at radius 3 is 3.11 bits per heavy atom. The molecule has 0 saturated carbocycles. The SMILES string of the molecule is CCCOC1CCCN(CCn2ccc(N)n2)C1. The molecule has 1 aromatic heterocycles. The molecule has 1 aliphatic heterocycles. The summed E-state index contributed by atoms with van der Waals surface area (Å²) in [5.74, 6) is 0.595. The van der Waals surface area contributed by atoms with Crippen molar-refractivity contribution in [1.82, 2.24) is 14.7 Å². The van der Waals surface area contributed by atoms with E-state index in [-0.39, 0.29) is 0 Å². The Labute approximate surface area is 109 Å². The summed E-state index contributed by atoms with van der Waals surface area (Å²) in [7, 11) is 0. The molecule has 5 nitrogen and oxygen atoms in total. The molecule has 0 spiro atoms. The lowest BCUT2D eigenvalue weighted by Crippen LogP contribution is -2.41. The highest BCUT2D eigenvalue weighted by Crippen LogP contribution is 2.13.